The van der Waals surface area contributed by atoms with E-state index in [0.29, 0.717) is 44.3 Å². The van der Waals surface area contributed by atoms with Crippen molar-refractivity contribution in [2.24, 2.45) is 0 Å². The number of para-hydroxylation sites is 1. The maximum absolute atomic E-state index is 14.5. The summed E-state index contributed by atoms with van der Waals surface area (Å²) in [4.78, 5) is 18.3. The molecule has 0 bridgehead atoms. The van der Waals surface area contributed by atoms with Crippen LogP contribution in [0, 0.1) is 12.7 Å². The van der Waals surface area contributed by atoms with E-state index in [2.05, 4.69) is 16.7 Å². The lowest BCUT2D eigenvalue weighted by molar-refractivity contribution is 0.363. The van der Waals surface area contributed by atoms with Crippen molar-refractivity contribution in [3.8, 4) is 22.7 Å². The van der Waals surface area contributed by atoms with Crippen molar-refractivity contribution in [2.45, 2.75) is 6.92 Å². The molecule has 7 nitrogen and oxygen atoms in total. The van der Waals surface area contributed by atoms with Gasteiger partial charge in [-0.05, 0) is 60.5 Å². The first-order valence-electron chi connectivity index (χ1n) is 12.8. The van der Waals surface area contributed by atoms with E-state index in [9.17, 15) is 9.18 Å². The van der Waals surface area contributed by atoms with Crippen LogP contribution >= 0.6 is 11.3 Å². The van der Waals surface area contributed by atoms with Gasteiger partial charge in [-0.3, -0.25) is 4.79 Å². The zero-order chi connectivity index (χ0) is 28.3. The average Bonchev–Trinajstić information content (AvgIpc) is 3.68. The molecule has 3 aromatic heterocycles. The van der Waals surface area contributed by atoms with Gasteiger partial charge in [-0.2, -0.15) is 14.6 Å². The Hall–Kier alpha value is -5.15. The lowest BCUT2D eigenvalue weighted by atomic mass is 10.1. The highest BCUT2D eigenvalue weighted by Crippen LogP contribution is 2.26. The number of nitrogens with zero attached hydrogens (tertiary/aromatic N) is 5. The molecule has 0 unspecified atom stereocenters. The van der Waals surface area contributed by atoms with Crippen LogP contribution in [-0.2, 0) is 0 Å². The molecule has 0 aliphatic rings. The van der Waals surface area contributed by atoms with Gasteiger partial charge >= 0.3 is 0 Å². The molecule has 41 heavy (non-hydrogen) atoms. The van der Waals surface area contributed by atoms with Gasteiger partial charge in [-0.15, -0.1) is 5.10 Å². The summed E-state index contributed by atoms with van der Waals surface area (Å²) in [5.41, 5.74) is 3.92. The van der Waals surface area contributed by atoms with Crippen LogP contribution in [-0.4, -0.2) is 31.0 Å². The lowest BCUT2D eigenvalue weighted by Crippen LogP contribution is -2.23. The molecule has 0 spiro atoms. The Labute approximate surface area is 238 Å². The monoisotopic (exact) mass is 561 g/mol. The van der Waals surface area contributed by atoms with Crippen LogP contribution in [0.4, 0.5) is 4.39 Å². The molecule has 3 aromatic carbocycles. The predicted molar refractivity (Wildman–Crippen MR) is 161 cm³/mol. The Morgan fingerprint density at radius 3 is 2.56 bits per heavy atom. The molecule has 9 heteroatoms. The Kier molecular flexibility index (Phi) is 7.09. The third-order valence-electron chi connectivity index (χ3n) is 6.37. The first-order valence-corrected chi connectivity index (χ1v) is 13.6. The molecular formula is C32H24FN5O2S. The van der Waals surface area contributed by atoms with Gasteiger partial charge in [0.05, 0.1) is 10.2 Å². The molecule has 0 atom stereocenters. The molecule has 202 valence electrons. The van der Waals surface area contributed by atoms with Crippen molar-refractivity contribution in [3.05, 3.63) is 135 Å². The number of ether oxygens (including phenoxy) is 1. The van der Waals surface area contributed by atoms with E-state index >= 15 is 0 Å². The van der Waals surface area contributed by atoms with E-state index in [1.54, 1.807) is 35.9 Å². The summed E-state index contributed by atoms with van der Waals surface area (Å²) in [6.45, 7) is 5.81. The van der Waals surface area contributed by atoms with Crippen LogP contribution in [0.5, 0.6) is 5.75 Å². The molecule has 0 aliphatic carbocycles. The van der Waals surface area contributed by atoms with E-state index < -0.39 is 0 Å². The van der Waals surface area contributed by atoms with E-state index in [1.165, 1.54) is 21.9 Å². The topological polar surface area (TPSA) is 74.3 Å². The van der Waals surface area contributed by atoms with Gasteiger partial charge in [0, 0.05) is 17.3 Å². The van der Waals surface area contributed by atoms with Gasteiger partial charge in [0.1, 0.15) is 23.9 Å². The maximum atomic E-state index is 14.5. The summed E-state index contributed by atoms with van der Waals surface area (Å²) < 4.78 is 23.4. The number of hydrogen-bond donors (Lipinski definition) is 0. The second kappa shape index (κ2) is 11.1. The van der Waals surface area contributed by atoms with Crippen LogP contribution in [0.25, 0.3) is 40.1 Å². The summed E-state index contributed by atoms with van der Waals surface area (Å²) in [5.74, 6) is 0.871. The van der Waals surface area contributed by atoms with E-state index in [0.717, 1.165) is 17.0 Å². The summed E-state index contributed by atoms with van der Waals surface area (Å²) in [5, 5.41) is 9.13. The van der Waals surface area contributed by atoms with Crippen molar-refractivity contribution in [1.82, 2.24) is 24.4 Å². The van der Waals surface area contributed by atoms with Crippen molar-refractivity contribution >= 4 is 34.5 Å². The van der Waals surface area contributed by atoms with Crippen LogP contribution in [0.2, 0.25) is 0 Å². The number of rotatable bonds is 8. The number of aryl methyl sites for hydroxylation is 1. The van der Waals surface area contributed by atoms with Crippen molar-refractivity contribution < 1.29 is 9.13 Å². The van der Waals surface area contributed by atoms with Gasteiger partial charge in [0.2, 0.25) is 4.96 Å². The fourth-order valence-electron chi connectivity index (χ4n) is 4.23. The Bertz CT molecular complexity index is 2010. The molecule has 0 aliphatic heterocycles. The van der Waals surface area contributed by atoms with E-state index in [-0.39, 0.29) is 11.4 Å². The molecule has 6 aromatic rings. The number of benzene rings is 3. The standard InChI is InChI=1S/C32H24FN5O2S/c1-3-17-40-26-14-10-22(11-15-26)12-16-29-34-32-38(35-29)31(39)28(41-32)19-24-20-37(25-7-5-4-6-8-25)36-30(24)23-13-9-21(2)27(33)18-23/h3-16,18-20H,1,17H2,2H3/b16-12+,28-19-. The molecule has 0 N–H and O–H groups in total. The SMILES string of the molecule is C=CCOc1ccc(/C=C/c2nc3s/c(=C\c4cn(-c5ccccc5)nc4-c4ccc(C)c(F)c4)c(=O)n3n2)cc1. The smallest absolute Gasteiger partial charge is 0.291 e. The minimum absolute atomic E-state index is 0.283. The van der Waals surface area contributed by atoms with Crippen LogP contribution in [0.15, 0.2) is 96.4 Å². The third-order valence-corrected chi connectivity index (χ3v) is 7.33. The third kappa shape index (κ3) is 5.48. The highest BCUT2D eigenvalue weighted by atomic mass is 32.1. The molecule has 6 rings (SSSR count). The van der Waals surface area contributed by atoms with Gasteiger partial charge in [-0.1, -0.05) is 72.5 Å². The molecular weight excluding hydrogens is 537 g/mol. The number of aromatic nitrogens is 5. The second-order valence-electron chi connectivity index (χ2n) is 9.26. The lowest BCUT2D eigenvalue weighted by Gasteiger charge is -2.02. The highest BCUT2D eigenvalue weighted by molar-refractivity contribution is 7.15. The minimum atomic E-state index is -0.316. The number of hydrogen-bond acceptors (Lipinski definition) is 6. The summed E-state index contributed by atoms with van der Waals surface area (Å²) >= 11 is 1.24. The Morgan fingerprint density at radius 1 is 1.02 bits per heavy atom. The summed E-state index contributed by atoms with van der Waals surface area (Å²) in [6, 6.07) is 22.2. The molecule has 0 radical (unpaired) electrons. The first-order chi connectivity index (χ1) is 20.0. The zero-order valence-corrected chi connectivity index (χ0v) is 22.9. The van der Waals surface area contributed by atoms with Crippen LogP contribution < -0.4 is 14.8 Å². The van der Waals surface area contributed by atoms with E-state index in [4.69, 9.17) is 9.84 Å². The quantitative estimate of drug-likeness (QED) is 0.222. The van der Waals surface area contributed by atoms with Crippen molar-refractivity contribution in [1.29, 1.82) is 0 Å². The summed E-state index contributed by atoms with van der Waals surface area (Å²) in [7, 11) is 0. The molecule has 0 saturated heterocycles. The zero-order valence-electron chi connectivity index (χ0n) is 22.1. The summed E-state index contributed by atoms with van der Waals surface area (Å²) in [6.07, 6.45) is 8.92. The number of halogens is 1. The van der Waals surface area contributed by atoms with Gasteiger partial charge in [-0.25, -0.2) is 9.07 Å². The number of fused-ring (bicyclic) bond motifs is 1. The van der Waals surface area contributed by atoms with Gasteiger partial charge in [0.15, 0.2) is 5.82 Å². The fraction of sp³-hybridized carbons (Fsp3) is 0.0625. The van der Waals surface area contributed by atoms with Gasteiger partial charge in [0.25, 0.3) is 5.56 Å². The molecule has 3 heterocycles. The molecule has 0 saturated carbocycles. The number of thiazole rings is 1. The second-order valence-corrected chi connectivity index (χ2v) is 10.3. The predicted octanol–water partition coefficient (Wildman–Crippen LogP) is 5.73. The largest absolute Gasteiger partial charge is 0.490 e. The Morgan fingerprint density at radius 2 is 1.83 bits per heavy atom. The fourth-order valence-corrected chi connectivity index (χ4v) is 5.14. The maximum Gasteiger partial charge on any atom is 0.291 e. The minimum Gasteiger partial charge on any atom is -0.490 e. The van der Waals surface area contributed by atoms with Crippen molar-refractivity contribution in [3.63, 3.8) is 0 Å². The van der Waals surface area contributed by atoms with Crippen LogP contribution in [0.3, 0.4) is 0 Å². The molecule has 0 fully saturated rings. The Balaban J connectivity index is 1.34. The average molecular weight is 562 g/mol. The van der Waals surface area contributed by atoms with Crippen molar-refractivity contribution in [2.75, 3.05) is 6.61 Å². The molecule has 0 amide bonds. The van der Waals surface area contributed by atoms with Crippen LogP contribution in [0.1, 0.15) is 22.5 Å². The normalized spacial score (nSPS) is 12.0. The highest BCUT2D eigenvalue weighted by Gasteiger charge is 2.15. The van der Waals surface area contributed by atoms with Gasteiger partial charge < -0.3 is 4.74 Å². The van der Waals surface area contributed by atoms with E-state index in [1.807, 2.05) is 72.9 Å². The first kappa shape index (κ1) is 26.1.